The smallest absolute Gasteiger partial charge is 0.0546 e. The quantitative estimate of drug-likeness (QED) is 0.410. The van der Waals surface area contributed by atoms with Crippen LogP contribution in [0.1, 0.15) is 85.0 Å². The van der Waals surface area contributed by atoms with Gasteiger partial charge in [0.2, 0.25) is 0 Å². The van der Waals surface area contributed by atoms with Crippen LogP contribution in [0.4, 0.5) is 0 Å². The molecule has 0 radical (unpaired) electrons. The summed E-state index contributed by atoms with van der Waals surface area (Å²) < 4.78 is 5.51. The Morgan fingerprint density at radius 2 is 1.25 bits per heavy atom. The van der Waals surface area contributed by atoms with Crippen LogP contribution in [0.3, 0.4) is 0 Å². The molecule has 0 saturated carbocycles. The van der Waals surface area contributed by atoms with Crippen molar-refractivity contribution in [3.63, 3.8) is 0 Å². The minimum absolute atomic E-state index is 0.467. The van der Waals surface area contributed by atoms with Gasteiger partial charge in [0.15, 0.2) is 0 Å². The van der Waals surface area contributed by atoms with Gasteiger partial charge in [-0.2, -0.15) is 0 Å². The molecule has 0 aromatic rings. The van der Waals surface area contributed by atoms with Gasteiger partial charge in [-0.3, -0.25) is 0 Å². The molecule has 0 N–H and O–H groups in total. The molecule has 0 aromatic carbocycles. The van der Waals surface area contributed by atoms with Crippen LogP contribution >= 0.6 is 0 Å². The normalized spacial score (nSPS) is 12.9. The predicted octanol–water partition coefficient (Wildman–Crippen LogP) is 5.33. The highest BCUT2D eigenvalue weighted by Gasteiger charge is 1.99. The van der Waals surface area contributed by atoms with Crippen molar-refractivity contribution >= 4 is 0 Å². The predicted molar refractivity (Wildman–Crippen MR) is 72.9 cm³/mol. The van der Waals surface area contributed by atoms with E-state index in [-0.39, 0.29) is 0 Å². The van der Waals surface area contributed by atoms with Crippen molar-refractivity contribution in [2.45, 2.75) is 91.1 Å². The lowest BCUT2D eigenvalue weighted by atomic mass is 10.1. The zero-order valence-corrected chi connectivity index (χ0v) is 11.8. The third-order valence-corrected chi connectivity index (χ3v) is 3.17. The van der Waals surface area contributed by atoms with Crippen LogP contribution < -0.4 is 0 Å². The molecule has 0 rings (SSSR count). The fourth-order valence-electron chi connectivity index (χ4n) is 2.11. The van der Waals surface area contributed by atoms with E-state index in [2.05, 4.69) is 20.8 Å². The topological polar surface area (TPSA) is 9.23 Å². The summed E-state index contributed by atoms with van der Waals surface area (Å²) in [5.74, 6) is 0. The largest absolute Gasteiger partial charge is 0.379 e. The molecule has 0 aliphatic heterocycles. The van der Waals surface area contributed by atoms with Gasteiger partial charge in [0, 0.05) is 6.61 Å². The van der Waals surface area contributed by atoms with Gasteiger partial charge in [0.25, 0.3) is 0 Å². The monoisotopic (exact) mass is 228 g/mol. The van der Waals surface area contributed by atoms with E-state index < -0.39 is 0 Å². The van der Waals surface area contributed by atoms with E-state index in [0.717, 1.165) is 6.61 Å². The molecule has 0 aromatic heterocycles. The van der Waals surface area contributed by atoms with Crippen LogP contribution in [-0.2, 0) is 4.74 Å². The van der Waals surface area contributed by atoms with Gasteiger partial charge in [-0.15, -0.1) is 0 Å². The Labute approximate surface area is 103 Å². The molecule has 0 aliphatic rings. The van der Waals surface area contributed by atoms with Crippen LogP contribution in [0.25, 0.3) is 0 Å². The Morgan fingerprint density at radius 1 is 0.750 bits per heavy atom. The third kappa shape index (κ3) is 12.0. The highest BCUT2D eigenvalue weighted by atomic mass is 16.5. The van der Waals surface area contributed by atoms with Crippen LogP contribution in [0, 0.1) is 0 Å². The second kappa shape index (κ2) is 13.0. The first kappa shape index (κ1) is 16.0. The Hall–Kier alpha value is -0.0400. The highest BCUT2D eigenvalue weighted by Crippen LogP contribution is 2.12. The average Bonchev–Trinajstić information content (AvgIpc) is 2.27. The van der Waals surface area contributed by atoms with Crippen molar-refractivity contribution in [2.75, 3.05) is 6.61 Å². The summed E-state index contributed by atoms with van der Waals surface area (Å²) in [6.07, 6.45) is 14.4. The van der Waals surface area contributed by atoms with Gasteiger partial charge in [-0.25, -0.2) is 0 Å². The first-order valence-electron chi connectivity index (χ1n) is 7.42. The second-order valence-electron chi connectivity index (χ2n) is 4.88. The molecule has 0 spiro atoms. The van der Waals surface area contributed by atoms with Gasteiger partial charge in [0.05, 0.1) is 6.10 Å². The summed E-state index contributed by atoms with van der Waals surface area (Å²) in [5.41, 5.74) is 0. The second-order valence-corrected chi connectivity index (χ2v) is 4.88. The Bertz CT molecular complexity index is 123. The van der Waals surface area contributed by atoms with Crippen molar-refractivity contribution in [1.29, 1.82) is 0 Å². The van der Waals surface area contributed by atoms with Crippen LogP contribution in [-0.4, -0.2) is 12.7 Å². The minimum Gasteiger partial charge on any atom is -0.379 e. The Balaban J connectivity index is 2.98. The minimum atomic E-state index is 0.467. The third-order valence-electron chi connectivity index (χ3n) is 3.17. The molecule has 0 fully saturated rings. The van der Waals surface area contributed by atoms with Crippen LogP contribution in [0.2, 0.25) is 0 Å². The van der Waals surface area contributed by atoms with Gasteiger partial charge in [-0.1, -0.05) is 64.7 Å². The summed E-state index contributed by atoms with van der Waals surface area (Å²) in [7, 11) is 0. The maximum atomic E-state index is 5.51. The molecule has 1 atom stereocenters. The number of ether oxygens (including phenoxy) is 1. The van der Waals surface area contributed by atoms with Gasteiger partial charge in [-0.05, 0) is 20.3 Å². The molecule has 0 saturated heterocycles. The number of hydrogen-bond acceptors (Lipinski definition) is 1. The summed E-state index contributed by atoms with van der Waals surface area (Å²) in [5, 5.41) is 0. The molecule has 0 heterocycles. The molecule has 1 unspecified atom stereocenters. The van der Waals surface area contributed by atoms with Crippen molar-refractivity contribution in [2.24, 2.45) is 0 Å². The maximum Gasteiger partial charge on any atom is 0.0546 e. The van der Waals surface area contributed by atoms with Crippen molar-refractivity contribution < 1.29 is 4.74 Å². The average molecular weight is 228 g/mol. The summed E-state index contributed by atoms with van der Waals surface area (Å²) in [6.45, 7) is 7.40. The Kier molecular flexibility index (Phi) is 13.0. The summed E-state index contributed by atoms with van der Waals surface area (Å²) in [4.78, 5) is 0. The SMILES string of the molecule is CCCCCCCCCCCC(C)OCC. The molecule has 0 bridgehead atoms. The molecule has 1 heteroatoms. The molecular weight excluding hydrogens is 196 g/mol. The maximum absolute atomic E-state index is 5.51. The molecular formula is C15H32O. The lowest BCUT2D eigenvalue weighted by Crippen LogP contribution is -2.07. The molecule has 16 heavy (non-hydrogen) atoms. The fourth-order valence-corrected chi connectivity index (χ4v) is 2.11. The first-order chi connectivity index (χ1) is 7.81. The van der Waals surface area contributed by atoms with E-state index in [1.54, 1.807) is 0 Å². The first-order valence-corrected chi connectivity index (χ1v) is 7.42. The molecule has 1 nitrogen and oxygen atoms in total. The van der Waals surface area contributed by atoms with E-state index in [4.69, 9.17) is 4.74 Å². The van der Waals surface area contributed by atoms with E-state index in [1.165, 1.54) is 64.2 Å². The van der Waals surface area contributed by atoms with E-state index >= 15 is 0 Å². The number of hydrogen-bond donors (Lipinski definition) is 0. The van der Waals surface area contributed by atoms with Crippen molar-refractivity contribution in [1.82, 2.24) is 0 Å². The van der Waals surface area contributed by atoms with E-state index in [9.17, 15) is 0 Å². The zero-order chi connectivity index (χ0) is 12.1. The fraction of sp³-hybridized carbons (Fsp3) is 1.00. The van der Waals surface area contributed by atoms with Crippen LogP contribution in [0.5, 0.6) is 0 Å². The molecule has 0 aliphatic carbocycles. The number of unbranched alkanes of at least 4 members (excludes halogenated alkanes) is 8. The van der Waals surface area contributed by atoms with Gasteiger partial charge >= 0.3 is 0 Å². The number of rotatable bonds is 12. The lowest BCUT2D eigenvalue weighted by Gasteiger charge is -2.10. The standard InChI is InChI=1S/C15H32O/c1-4-6-7-8-9-10-11-12-13-14-15(3)16-5-2/h15H,4-14H2,1-3H3. The van der Waals surface area contributed by atoms with Crippen molar-refractivity contribution in [3.05, 3.63) is 0 Å². The highest BCUT2D eigenvalue weighted by molar-refractivity contribution is 4.52. The van der Waals surface area contributed by atoms with Gasteiger partial charge in [0.1, 0.15) is 0 Å². The summed E-state index contributed by atoms with van der Waals surface area (Å²) in [6, 6.07) is 0. The Morgan fingerprint density at radius 3 is 1.75 bits per heavy atom. The van der Waals surface area contributed by atoms with E-state index in [1.807, 2.05) is 0 Å². The van der Waals surface area contributed by atoms with Crippen molar-refractivity contribution in [3.8, 4) is 0 Å². The lowest BCUT2D eigenvalue weighted by molar-refractivity contribution is 0.0683. The van der Waals surface area contributed by atoms with Crippen LogP contribution in [0.15, 0.2) is 0 Å². The molecule has 98 valence electrons. The van der Waals surface area contributed by atoms with Gasteiger partial charge < -0.3 is 4.74 Å². The molecule has 0 amide bonds. The zero-order valence-electron chi connectivity index (χ0n) is 11.8. The summed E-state index contributed by atoms with van der Waals surface area (Å²) >= 11 is 0. The van der Waals surface area contributed by atoms with E-state index in [0.29, 0.717) is 6.10 Å².